The van der Waals surface area contributed by atoms with Gasteiger partial charge in [0.25, 0.3) is 0 Å². The Balaban J connectivity index is 2.15. The first-order valence-electron chi connectivity index (χ1n) is 7.95. The zero-order valence-electron chi connectivity index (χ0n) is 15.1. The van der Waals surface area contributed by atoms with E-state index in [4.69, 9.17) is 14.5 Å². The molecule has 3 rings (SSSR count). The molecule has 0 aliphatic rings. The predicted molar refractivity (Wildman–Crippen MR) is 101 cm³/mol. The average molecular weight is 338 g/mol. The SMILES string of the molecule is COc1ccc(N(C)c2nc(N(C)C)nc3ccccc23)cc1OC. The first kappa shape index (κ1) is 16.8. The largest absolute Gasteiger partial charge is 0.493 e. The van der Waals surface area contributed by atoms with Crippen molar-refractivity contribution in [3.05, 3.63) is 42.5 Å². The number of benzene rings is 2. The molecule has 25 heavy (non-hydrogen) atoms. The Bertz CT molecular complexity index is 896. The molecule has 0 aliphatic carbocycles. The van der Waals surface area contributed by atoms with Crippen LogP contribution in [0.3, 0.4) is 0 Å². The van der Waals surface area contributed by atoms with E-state index in [1.807, 2.05) is 73.4 Å². The second kappa shape index (κ2) is 6.84. The summed E-state index contributed by atoms with van der Waals surface area (Å²) in [7, 11) is 9.11. The van der Waals surface area contributed by atoms with Crippen molar-refractivity contribution < 1.29 is 9.47 Å². The molecule has 1 aromatic heterocycles. The van der Waals surface area contributed by atoms with Gasteiger partial charge < -0.3 is 19.3 Å². The van der Waals surface area contributed by atoms with E-state index in [9.17, 15) is 0 Å². The van der Waals surface area contributed by atoms with Gasteiger partial charge in [-0.15, -0.1) is 0 Å². The summed E-state index contributed by atoms with van der Waals surface area (Å²) in [5.41, 5.74) is 1.86. The number of rotatable bonds is 5. The molecule has 0 aliphatic heterocycles. The van der Waals surface area contributed by atoms with Gasteiger partial charge in [0.1, 0.15) is 5.82 Å². The Morgan fingerprint density at radius 3 is 2.24 bits per heavy atom. The lowest BCUT2D eigenvalue weighted by molar-refractivity contribution is 0.355. The number of fused-ring (bicyclic) bond motifs is 1. The highest BCUT2D eigenvalue weighted by Crippen LogP contribution is 2.35. The van der Waals surface area contributed by atoms with Crippen LogP contribution in [0.4, 0.5) is 17.5 Å². The number of hydrogen-bond donors (Lipinski definition) is 0. The third-order valence-electron chi connectivity index (χ3n) is 4.04. The molecule has 0 fully saturated rings. The molecule has 6 nitrogen and oxygen atoms in total. The van der Waals surface area contributed by atoms with Gasteiger partial charge in [-0.05, 0) is 24.3 Å². The molecular weight excluding hydrogens is 316 g/mol. The topological polar surface area (TPSA) is 50.7 Å². The van der Waals surface area contributed by atoms with Crippen LogP contribution in [0.15, 0.2) is 42.5 Å². The van der Waals surface area contributed by atoms with Gasteiger partial charge in [0.15, 0.2) is 11.5 Å². The smallest absolute Gasteiger partial charge is 0.227 e. The number of ether oxygens (including phenoxy) is 2. The highest BCUT2D eigenvalue weighted by Gasteiger charge is 2.15. The summed E-state index contributed by atoms with van der Waals surface area (Å²) in [6, 6.07) is 13.8. The zero-order valence-corrected chi connectivity index (χ0v) is 15.1. The van der Waals surface area contributed by atoms with Crippen LogP contribution in [-0.4, -0.2) is 45.3 Å². The fraction of sp³-hybridized carbons (Fsp3) is 0.263. The molecule has 0 atom stereocenters. The van der Waals surface area contributed by atoms with Crippen LogP contribution in [0.25, 0.3) is 10.9 Å². The van der Waals surface area contributed by atoms with Gasteiger partial charge in [-0.3, -0.25) is 0 Å². The molecule has 0 radical (unpaired) electrons. The minimum Gasteiger partial charge on any atom is -0.493 e. The molecule has 130 valence electrons. The maximum absolute atomic E-state index is 5.42. The molecule has 1 heterocycles. The summed E-state index contributed by atoms with van der Waals surface area (Å²) in [5, 5.41) is 0.991. The maximum atomic E-state index is 5.42. The van der Waals surface area contributed by atoms with Crippen molar-refractivity contribution in [3.8, 4) is 11.5 Å². The predicted octanol–water partition coefficient (Wildman–Crippen LogP) is 3.48. The van der Waals surface area contributed by atoms with Crippen molar-refractivity contribution >= 4 is 28.4 Å². The van der Waals surface area contributed by atoms with Gasteiger partial charge in [-0.25, -0.2) is 4.98 Å². The molecule has 2 aromatic carbocycles. The summed E-state index contributed by atoms with van der Waals surface area (Å²) in [6.07, 6.45) is 0. The lowest BCUT2D eigenvalue weighted by Crippen LogP contribution is -2.17. The van der Waals surface area contributed by atoms with Crippen molar-refractivity contribution in [2.45, 2.75) is 0 Å². The summed E-state index contributed by atoms with van der Waals surface area (Å²) >= 11 is 0. The van der Waals surface area contributed by atoms with E-state index in [0.29, 0.717) is 17.4 Å². The monoisotopic (exact) mass is 338 g/mol. The van der Waals surface area contributed by atoms with Crippen molar-refractivity contribution in [2.75, 3.05) is 45.2 Å². The number of anilines is 3. The van der Waals surface area contributed by atoms with Gasteiger partial charge in [-0.2, -0.15) is 4.98 Å². The van der Waals surface area contributed by atoms with Crippen LogP contribution in [0.5, 0.6) is 11.5 Å². The quantitative estimate of drug-likeness (QED) is 0.710. The van der Waals surface area contributed by atoms with Crippen LogP contribution in [-0.2, 0) is 0 Å². The summed E-state index contributed by atoms with van der Waals surface area (Å²) < 4.78 is 10.7. The Morgan fingerprint density at radius 2 is 1.56 bits per heavy atom. The fourth-order valence-corrected chi connectivity index (χ4v) is 2.66. The molecule has 0 N–H and O–H groups in total. The molecule has 0 unspecified atom stereocenters. The first-order chi connectivity index (χ1) is 12.0. The zero-order chi connectivity index (χ0) is 18.0. The van der Waals surface area contributed by atoms with Crippen LogP contribution in [0, 0.1) is 0 Å². The highest BCUT2D eigenvalue weighted by molar-refractivity contribution is 5.92. The van der Waals surface area contributed by atoms with Gasteiger partial charge in [0.2, 0.25) is 5.95 Å². The third kappa shape index (κ3) is 3.15. The Kier molecular flexibility index (Phi) is 4.61. The Labute approximate surface area is 147 Å². The van der Waals surface area contributed by atoms with Gasteiger partial charge in [0, 0.05) is 38.3 Å². The standard InChI is InChI=1S/C19H22N4O2/c1-22(2)19-20-15-9-7-6-8-14(15)18(21-19)23(3)13-10-11-16(24-4)17(12-13)25-5/h6-12H,1-5H3. The lowest BCUT2D eigenvalue weighted by atomic mass is 10.2. The number of para-hydroxylation sites is 1. The van der Waals surface area contributed by atoms with Crippen LogP contribution < -0.4 is 19.3 Å². The molecule has 0 saturated heterocycles. The van der Waals surface area contributed by atoms with Gasteiger partial charge in [0.05, 0.1) is 19.7 Å². The van der Waals surface area contributed by atoms with E-state index in [1.54, 1.807) is 14.2 Å². The van der Waals surface area contributed by atoms with E-state index in [0.717, 1.165) is 22.4 Å². The number of methoxy groups -OCH3 is 2. The minimum absolute atomic E-state index is 0.668. The maximum Gasteiger partial charge on any atom is 0.227 e. The van der Waals surface area contributed by atoms with E-state index < -0.39 is 0 Å². The van der Waals surface area contributed by atoms with E-state index in [1.165, 1.54) is 0 Å². The first-order valence-corrected chi connectivity index (χ1v) is 7.95. The number of hydrogen-bond acceptors (Lipinski definition) is 6. The fourth-order valence-electron chi connectivity index (χ4n) is 2.66. The third-order valence-corrected chi connectivity index (χ3v) is 4.04. The van der Waals surface area contributed by atoms with Gasteiger partial charge >= 0.3 is 0 Å². The molecule has 3 aromatic rings. The number of nitrogens with zero attached hydrogens (tertiary/aromatic N) is 4. The van der Waals surface area contributed by atoms with E-state index >= 15 is 0 Å². The van der Waals surface area contributed by atoms with Crippen molar-refractivity contribution in [1.29, 1.82) is 0 Å². The summed E-state index contributed by atoms with van der Waals surface area (Å²) in [6.45, 7) is 0. The van der Waals surface area contributed by atoms with Crippen LogP contribution in [0.2, 0.25) is 0 Å². The summed E-state index contributed by atoms with van der Waals surface area (Å²) in [4.78, 5) is 13.3. The Hall–Kier alpha value is -3.02. The molecule has 0 saturated carbocycles. The van der Waals surface area contributed by atoms with E-state index in [-0.39, 0.29) is 0 Å². The molecule has 6 heteroatoms. The average Bonchev–Trinajstić information content (AvgIpc) is 2.65. The Morgan fingerprint density at radius 1 is 0.840 bits per heavy atom. The van der Waals surface area contributed by atoms with Gasteiger partial charge in [-0.1, -0.05) is 12.1 Å². The second-order valence-corrected chi connectivity index (χ2v) is 5.86. The molecule has 0 bridgehead atoms. The highest BCUT2D eigenvalue weighted by atomic mass is 16.5. The van der Waals surface area contributed by atoms with Crippen LogP contribution >= 0.6 is 0 Å². The van der Waals surface area contributed by atoms with Crippen molar-refractivity contribution in [1.82, 2.24) is 9.97 Å². The van der Waals surface area contributed by atoms with Crippen molar-refractivity contribution in [3.63, 3.8) is 0 Å². The second-order valence-electron chi connectivity index (χ2n) is 5.86. The lowest BCUT2D eigenvalue weighted by Gasteiger charge is -2.23. The number of aromatic nitrogens is 2. The van der Waals surface area contributed by atoms with Crippen LogP contribution in [0.1, 0.15) is 0 Å². The van der Waals surface area contributed by atoms with Crippen molar-refractivity contribution in [2.24, 2.45) is 0 Å². The van der Waals surface area contributed by atoms with E-state index in [2.05, 4.69) is 4.98 Å². The molecular formula is C19H22N4O2. The molecule has 0 spiro atoms. The molecule has 0 amide bonds. The minimum atomic E-state index is 0.668. The summed E-state index contributed by atoms with van der Waals surface area (Å²) in [5.74, 6) is 2.88. The normalized spacial score (nSPS) is 10.6.